The molecule has 0 atom stereocenters. The van der Waals surface area contributed by atoms with E-state index < -0.39 is 0 Å². The second-order valence-electron chi connectivity index (χ2n) is 5.39. The van der Waals surface area contributed by atoms with Crippen molar-refractivity contribution in [3.63, 3.8) is 0 Å². The molecule has 0 aliphatic heterocycles. The Bertz CT molecular complexity index is 654. The SMILES string of the molecule is CCCN(CCC)C(=O)c1cncc(Nc2cccc(F)c2)c1. The minimum Gasteiger partial charge on any atom is -0.354 e. The first kappa shape index (κ1) is 16.9. The zero-order valence-corrected chi connectivity index (χ0v) is 13.6. The van der Waals surface area contributed by atoms with Gasteiger partial charge in [0.25, 0.3) is 5.91 Å². The lowest BCUT2D eigenvalue weighted by Crippen LogP contribution is -2.32. The first-order valence-corrected chi connectivity index (χ1v) is 7.91. The standard InChI is InChI=1S/C18H22FN3O/c1-3-8-22(9-4-2)18(23)14-10-17(13-20-12-14)21-16-7-5-6-15(19)11-16/h5-7,10-13,21H,3-4,8-9H2,1-2H3. The predicted octanol–water partition coefficient (Wildman–Crippen LogP) is 4.23. The molecular formula is C18H22FN3O. The minimum absolute atomic E-state index is 0.0240. The number of hydrogen-bond acceptors (Lipinski definition) is 3. The van der Waals surface area contributed by atoms with Crippen molar-refractivity contribution in [2.45, 2.75) is 26.7 Å². The van der Waals surface area contributed by atoms with E-state index in [1.807, 2.05) is 4.90 Å². The number of halogens is 1. The monoisotopic (exact) mass is 315 g/mol. The average Bonchev–Trinajstić information content (AvgIpc) is 2.54. The highest BCUT2D eigenvalue weighted by Crippen LogP contribution is 2.18. The predicted molar refractivity (Wildman–Crippen MR) is 90.4 cm³/mol. The molecule has 0 aliphatic carbocycles. The molecule has 5 heteroatoms. The Morgan fingerprint density at radius 1 is 1.13 bits per heavy atom. The van der Waals surface area contributed by atoms with Gasteiger partial charge in [-0.2, -0.15) is 0 Å². The molecule has 1 heterocycles. The van der Waals surface area contributed by atoms with Gasteiger partial charge in [-0.05, 0) is 37.1 Å². The van der Waals surface area contributed by atoms with Gasteiger partial charge in [-0.25, -0.2) is 4.39 Å². The Morgan fingerprint density at radius 2 is 1.87 bits per heavy atom. The fourth-order valence-electron chi connectivity index (χ4n) is 2.40. The van der Waals surface area contributed by atoms with E-state index in [0.717, 1.165) is 25.9 Å². The fraction of sp³-hybridized carbons (Fsp3) is 0.333. The third kappa shape index (κ3) is 4.77. The number of aromatic nitrogens is 1. The molecule has 4 nitrogen and oxygen atoms in total. The van der Waals surface area contributed by atoms with Crippen LogP contribution in [0.15, 0.2) is 42.7 Å². The van der Waals surface area contributed by atoms with E-state index in [1.165, 1.54) is 12.1 Å². The number of nitrogens with zero attached hydrogens (tertiary/aromatic N) is 2. The van der Waals surface area contributed by atoms with Crippen LogP contribution in [0.3, 0.4) is 0 Å². The topological polar surface area (TPSA) is 45.2 Å². The van der Waals surface area contributed by atoms with Gasteiger partial charge in [0.05, 0.1) is 17.4 Å². The summed E-state index contributed by atoms with van der Waals surface area (Å²) in [5.74, 6) is -0.337. The van der Waals surface area contributed by atoms with Gasteiger partial charge >= 0.3 is 0 Å². The lowest BCUT2D eigenvalue weighted by atomic mass is 10.2. The Kier molecular flexibility index (Phi) is 6.09. The summed E-state index contributed by atoms with van der Waals surface area (Å²) in [5.41, 5.74) is 1.82. The number of rotatable bonds is 7. The van der Waals surface area contributed by atoms with Crippen LogP contribution in [-0.4, -0.2) is 28.9 Å². The molecule has 0 saturated heterocycles. The average molecular weight is 315 g/mol. The first-order valence-electron chi connectivity index (χ1n) is 7.91. The molecule has 0 fully saturated rings. The smallest absolute Gasteiger partial charge is 0.255 e. The maximum atomic E-state index is 13.2. The zero-order valence-electron chi connectivity index (χ0n) is 13.6. The Morgan fingerprint density at radius 3 is 2.52 bits per heavy atom. The number of hydrogen-bond donors (Lipinski definition) is 1. The molecule has 0 unspecified atom stereocenters. The molecule has 0 spiro atoms. The molecular weight excluding hydrogens is 293 g/mol. The van der Waals surface area contributed by atoms with E-state index in [-0.39, 0.29) is 11.7 Å². The quantitative estimate of drug-likeness (QED) is 0.832. The summed E-state index contributed by atoms with van der Waals surface area (Å²) in [6.45, 7) is 5.56. The van der Waals surface area contributed by atoms with Crippen molar-refractivity contribution < 1.29 is 9.18 Å². The minimum atomic E-state index is -0.313. The highest BCUT2D eigenvalue weighted by Gasteiger charge is 2.15. The van der Waals surface area contributed by atoms with E-state index in [2.05, 4.69) is 24.1 Å². The van der Waals surface area contributed by atoms with Crippen LogP contribution in [0.4, 0.5) is 15.8 Å². The zero-order chi connectivity index (χ0) is 16.7. The van der Waals surface area contributed by atoms with Crippen LogP contribution in [0.5, 0.6) is 0 Å². The van der Waals surface area contributed by atoms with Crippen molar-refractivity contribution in [2.75, 3.05) is 18.4 Å². The number of carbonyl (C=O) groups excluding carboxylic acids is 1. The molecule has 1 N–H and O–H groups in total. The lowest BCUT2D eigenvalue weighted by Gasteiger charge is -2.21. The van der Waals surface area contributed by atoms with Crippen molar-refractivity contribution in [2.24, 2.45) is 0 Å². The number of benzene rings is 1. The van der Waals surface area contributed by atoms with Crippen molar-refractivity contribution in [1.29, 1.82) is 0 Å². The second kappa shape index (κ2) is 8.27. The van der Waals surface area contributed by atoms with Crippen molar-refractivity contribution in [1.82, 2.24) is 9.88 Å². The molecule has 23 heavy (non-hydrogen) atoms. The number of pyridine rings is 1. The largest absolute Gasteiger partial charge is 0.354 e. The van der Waals surface area contributed by atoms with E-state index in [9.17, 15) is 9.18 Å². The van der Waals surface area contributed by atoms with Crippen LogP contribution >= 0.6 is 0 Å². The van der Waals surface area contributed by atoms with Gasteiger partial charge in [0.1, 0.15) is 5.82 Å². The highest BCUT2D eigenvalue weighted by molar-refractivity contribution is 5.94. The van der Waals surface area contributed by atoms with Crippen LogP contribution in [0.2, 0.25) is 0 Å². The molecule has 1 aromatic carbocycles. The van der Waals surface area contributed by atoms with Crippen LogP contribution in [0, 0.1) is 5.82 Å². The van der Waals surface area contributed by atoms with Gasteiger partial charge < -0.3 is 10.2 Å². The number of nitrogens with one attached hydrogen (secondary N) is 1. The maximum Gasteiger partial charge on any atom is 0.255 e. The van der Waals surface area contributed by atoms with Crippen molar-refractivity contribution in [3.05, 3.63) is 54.1 Å². The molecule has 1 aromatic heterocycles. The van der Waals surface area contributed by atoms with Crippen LogP contribution in [-0.2, 0) is 0 Å². The summed E-state index contributed by atoms with van der Waals surface area (Å²) >= 11 is 0. The van der Waals surface area contributed by atoms with Gasteiger partial charge in [-0.3, -0.25) is 9.78 Å². The van der Waals surface area contributed by atoms with E-state index >= 15 is 0 Å². The normalized spacial score (nSPS) is 10.4. The van der Waals surface area contributed by atoms with Gasteiger partial charge in [0.15, 0.2) is 0 Å². The van der Waals surface area contributed by atoms with Crippen LogP contribution in [0.25, 0.3) is 0 Å². The Labute approximate surface area is 136 Å². The van der Waals surface area contributed by atoms with Gasteiger partial charge in [-0.1, -0.05) is 19.9 Å². The highest BCUT2D eigenvalue weighted by atomic mass is 19.1. The van der Waals surface area contributed by atoms with Crippen LogP contribution < -0.4 is 5.32 Å². The summed E-state index contributed by atoms with van der Waals surface area (Å²) < 4.78 is 13.2. The lowest BCUT2D eigenvalue weighted by molar-refractivity contribution is 0.0755. The van der Waals surface area contributed by atoms with Gasteiger partial charge in [-0.15, -0.1) is 0 Å². The van der Waals surface area contributed by atoms with Crippen molar-refractivity contribution >= 4 is 17.3 Å². The first-order chi connectivity index (χ1) is 11.1. The summed E-state index contributed by atoms with van der Waals surface area (Å²) in [5, 5.41) is 3.07. The van der Waals surface area contributed by atoms with Gasteiger partial charge in [0.2, 0.25) is 0 Å². The summed E-state index contributed by atoms with van der Waals surface area (Å²) in [7, 11) is 0. The molecule has 0 bridgehead atoms. The number of anilines is 2. The molecule has 0 aliphatic rings. The van der Waals surface area contributed by atoms with Crippen molar-refractivity contribution in [3.8, 4) is 0 Å². The number of carbonyl (C=O) groups is 1. The third-order valence-corrected chi connectivity index (χ3v) is 3.37. The molecule has 1 amide bonds. The third-order valence-electron chi connectivity index (χ3n) is 3.37. The molecule has 2 rings (SSSR count). The summed E-state index contributed by atoms with van der Waals surface area (Å²) in [6.07, 6.45) is 5.02. The van der Waals surface area contributed by atoms with Crippen LogP contribution in [0.1, 0.15) is 37.0 Å². The van der Waals surface area contributed by atoms with E-state index in [1.54, 1.807) is 30.6 Å². The molecule has 0 radical (unpaired) electrons. The van der Waals surface area contributed by atoms with E-state index in [0.29, 0.717) is 16.9 Å². The second-order valence-corrected chi connectivity index (χ2v) is 5.39. The maximum absolute atomic E-state index is 13.2. The molecule has 2 aromatic rings. The molecule has 0 saturated carbocycles. The Balaban J connectivity index is 2.16. The number of amides is 1. The Hall–Kier alpha value is -2.43. The van der Waals surface area contributed by atoms with E-state index in [4.69, 9.17) is 0 Å². The van der Waals surface area contributed by atoms with Gasteiger partial charge in [0, 0.05) is 25.0 Å². The summed E-state index contributed by atoms with van der Waals surface area (Å²) in [4.78, 5) is 18.5. The molecule has 122 valence electrons. The summed E-state index contributed by atoms with van der Waals surface area (Å²) in [6, 6.07) is 7.92. The fourth-order valence-corrected chi connectivity index (χ4v) is 2.40.